The number of hydrogen-bond acceptors (Lipinski definition) is 8. The van der Waals surface area contributed by atoms with Gasteiger partial charge in [-0.1, -0.05) is 12.1 Å². The highest BCUT2D eigenvalue weighted by Crippen LogP contribution is 2.31. The van der Waals surface area contributed by atoms with Gasteiger partial charge in [-0.15, -0.1) is 34.4 Å². The number of guanidine groups is 1. The van der Waals surface area contributed by atoms with E-state index in [2.05, 4.69) is 56.5 Å². The van der Waals surface area contributed by atoms with Gasteiger partial charge in [-0.05, 0) is 24.8 Å². The number of anilines is 1. The van der Waals surface area contributed by atoms with E-state index < -0.39 is 0 Å². The number of thiazole rings is 2. The third-order valence-corrected chi connectivity index (χ3v) is 6.12. The van der Waals surface area contributed by atoms with Crippen molar-refractivity contribution >= 4 is 45.5 Å². The van der Waals surface area contributed by atoms with Crippen molar-refractivity contribution in [2.45, 2.75) is 11.3 Å². The van der Waals surface area contributed by atoms with E-state index in [0.717, 1.165) is 52.6 Å². The van der Waals surface area contributed by atoms with Crippen LogP contribution in [0.5, 0.6) is 0 Å². The van der Waals surface area contributed by atoms with Crippen molar-refractivity contribution in [1.82, 2.24) is 15.3 Å². The largest absolute Gasteiger partial charge is 0.356 e. The lowest BCUT2D eigenvalue weighted by molar-refractivity contribution is 0.740. The van der Waals surface area contributed by atoms with Crippen LogP contribution in [0.4, 0.5) is 5.13 Å². The van der Waals surface area contributed by atoms with Gasteiger partial charge in [-0.2, -0.15) is 0 Å². The Labute approximate surface area is 158 Å². The van der Waals surface area contributed by atoms with Gasteiger partial charge in [0, 0.05) is 34.3 Å². The molecule has 0 bridgehead atoms. The number of benzene rings is 1. The van der Waals surface area contributed by atoms with E-state index in [4.69, 9.17) is 4.98 Å². The third kappa shape index (κ3) is 3.86. The minimum atomic E-state index is 0.806. The van der Waals surface area contributed by atoms with E-state index >= 15 is 0 Å². The molecule has 0 atom stereocenters. The van der Waals surface area contributed by atoms with Crippen LogP contribution in [0.15, 0.2) is 44.9 Å². The molecule has 128 valence electrons. The van der Waals surface area contributed by atoms with E-state index in [0.29, 0.717) is 0 Å². The topological polar surface area (TPSA) is 62.2 Å². The quantitative estimate of drug-likeness (QED) is 0.649. The van der Waals surface area contributed by atoms with E-state index in [1.54, 1.807) is 34.4 Å². The molecule has 25 heavy (non-hydrogen) atoms. The third-order valence-electron chi connectivity index (χ3n) is 3.73. The Bertz CT molecular complexity index is 882. The number of hydrogen-bond donors (Lipinski definition) is 2. The summed E-state index contributed by atoms with van der Waals surface area (Å²) in [6.45, 7) is 1.81. The summed E-state index contributed by atoms with van der Waals surface area (Å²) < 4.78 is 0. The average molecular weight is 388 g/mol. The lowest BCUT2D eigenvalue weighted by Crippen LogP contribution is -2.35. The molecule has 1 aliphatic rings. The van der Waals surface area contributed by atoms with Gasteiger partial charge in [0.1, 0.15) is 16.4 Å². The second-order valence-corrected chi connectivity index (χ2v) is 8.04. The maximum absolute atomic E-state index is 4.75. The first-order valence-electron chi connectivity index (χ1n) is 7.93. The molecule has 0 radical (unpaired) electrons. The molecule has 8 heteroatoms. The van der Waals surface area contributed by atoms with Gasteiger partial charge in [0.15, 0.2) is 11.1 Å². The van der Waals surface area contributed by atoms with Crippen LogP contribution >= 0.6 is 34.4 Å². The summed E-state index contributed by atoms with van der Waals surface area (Å²) in [6.07, 6.45) is 3.16. The summed E-state index contributed by atoms with van der Waals surface area (Å²) in [4.78, 5) is 15.1. The monoisotopic (exact) mass is 387 g/mol. The Hall–Kier alpha value is -1.90. The fourth-order valence-electron chi connectivity index (χ4n) is 2.42. The van der Waals surface area contributed by atoms with E-state index in [9.17, 15) is 0 Å². The molecule has 0 aliphatic carbocycles. The van der Waals surface area contributed by atoms with Gasteiger partial charge in [-0.25, -0.2) is 9.97 Å². The predicted octanol–water partition coefficient (Wildman–Crippen LogP) is 4.42. The average Bonchev–Trinajstić information content (AvgIpc) is 3.32. The molecule has 1 aliphatic heterocycles. The van der Waals surface area contributed by atoms with E-state index in [1.807, 2.05) is 5.38 Å². The second kappa shape index (κ2) is 7.55. The van der Waals surface area contributed by atoms with Gasteiger partial charge >= 0.3 is 0 Å². The number of nitrogens with zero attached hydrogens (tertiary/aromatic N) is 3. The fourth-order valence-corrected chi connectivity index (χ4v) is 4.36. The summed E-state index contributed by atoms with van der Waals surface area (Å²) in [6, 6.07) is 8.50. The summed E-state index contributed by atoms with van der Waals surface area (Å²) in [5, 5.41) is 12.4. The summed E-state index contributed by atoms with van der Waals surface area (Å²) in [5.41, 5.74) is 2.95. The van der Waals surface area contributed by atoms with E-state index in [1.165, 1.54) is 4.90 Å². The highest BCUT2D eigenvalue weighted by atomic mass is 32.2. The molecule has 0 amide bonds. The van der Waals surface area contributed by atoms with Crippen molar-refractivity contribution in [2.75, 3.05) is 24.7 Å². The van der Waals surface area contributed by atoms with Crippen LogP contribution in [-0.2, 0) is 0 Å². The normalized spacial score (nSPS) is 14.0. The molecule has 0 saturated heterocycles. The van der Waals surface area contributed by atoms with Crippen LogP contribution < -0.4 is 10.6 Å². The fraction of sp³-hybridized carbons (Fsp3) is 0.235. The summed E-state index contributed by atoms with van der Waals surface area (Å²) in [7, 11) is 0. The molecular weight excluding hydrogens is 370 g/mol. The van der Waals surface area contributed by atoms with Gasteiger partial charge in [0.05, 0.1) is 0 Å². The van der Waals surface area contributed by atoms with E-state index in [-0.39, 0.29) is 0 Å². The molecule has 2 N–H and O–H groups in total. The zero-order valence-electron chi connectivity index (χ0n) is 13.7. The van der Waals surface area contributed by atoms with Crippen molar-refractivity contribution in [1.29, 1.82) is 0 Å². The molecule has 4 rings (SSSR count). The standard InChI is InChI=1S/C17H17N5S3/c1-23-12-5-3-11(4-6-12)15-20-13(9-24-15)14-10-25-17(21-14)22-16-18-7-2-8-19-16/h3-6,9-10H,2,7-8H2,1H3,(H2,18,19,21,22). The van der Waals surface area contributed by atoms with Gasteiger partial charge < -0.3 is 10.6 Å². The van der Waals surface area contributed by atoms with Crippen LogP contribution in [0.3, 0.4) is 0 Å². The SMILES string of the molecule is CSc1ccc(-c2nc(-c3csc(NC4=NCCCN4)n3)cs2)cc1. The predicted molar refractivity (Wildman–Crippen MR) is 109 cm³/mol. The first-order chi connectivity index (χ1) is 12.3. The van der Waals surface area contributed by atoms with Crippen LogP contribution in [-0.4, -0.2) is 35.3 Å². The van der Waals surface area contributed by atoms with Crippen molar-refractivity contribution in [3.05, 3.63) is 35.0 Å². The lowest BCUT2D eigenvalue weighted by atomic mass is 10.2. The van der Waals surface area contributed by atoms with Crippen molar-refractivity contribution in [3.63, 3.8) is 0 Å². The smallest absolute Gasteiger partial charge is 0.197 e. The Kier molecular flexibility index (Phi) is 5.00. The molecule has 3 aromatic rings. The highest BCUT2D eigenvalue weighted by molar-refractivity contribution is 7.98. The Morgan fingerprint density at radius 1 is 1.08 bits per heavy atom. The van der Waals surface area contributed by atoms with Crippen molar-refractivity contribution < 1.29 is 0 Å². The van der Waals surface area contributed by atoms with Gasteiger partial charge in [0.2, 0.25) is 0 Å². The van der Waals surface area contributed by atoms with Crippen LogP contribution in [0, 0.1) is 0 Å². The minimum absolute atomic E-state index is 0.806. The Morgan fingerprint density at radius 2 is 1.88 bits per heavy atom. The minimum Gasteiger partial charge on any atom is -0.356 e. The molecule has 0 unspecified atom stereocenters. The Morgan fingerprint density at radius 3 is 2.64 bits per heavy atom. The zero-order valence-corrected chi connectivity index (χ0v) is 16.1. The number of aliphatic imine (C=N–C) groups is 1. The van der Waals surface area contributed by atoms with Crippen LogP contribution in [0.1, 0.15) is 6.42 Å². The molecule has 5 nitrogen and oxygen atoms in total. The molecule has 0 spiro atoms. The summed E-state index contributed by atoms with van der Waals surface area (Å²) in [5.74, 6) is 0.806. The number of rotatable bonds is 4. The van der Waals surface area contributed by atoms with Gasteiger partial charge in [0.25, 0.3) is 0 Å². The molecule has 1 aromatic carbocycles. The first kappa shape index (κ1) is 16.6. The molecular formula is C17H17N5S3. The molecule has 3 heterocycles. The van der Waals surface area contributed by atoms with Crippen LogP contribution in [0.2, 0.25) is 0 Å². The maximum atomic E-state index is 4.75. The van der Waals surface area contributed by atoms with Gasteiger partial charge in [-0.3, -0.25) is 4.99 Å². The van der Waals surface area contributed by atoms with Crippen LogP contribution in [0.25, 0.3) is 22.0 Å². The maximum Gasteiger partial charge on any atom is 0.197 e. The second-order valence-electron chi connectivity index (χ2n) is 5.44. The number of thioether (sulfide) groups is 1. The molecule has 0 saturated carbocycles. The lowest BCUT2D eigenvalue weighted by Gasteiger charge is -2.13. The molecule has 2 aromatic heterocycles. The Balaban J connectivity index is 1.50. The number of nitrogens with one attached hydrogen (secondary N) is 2. The van der Waals surface area contributed by atoms with Crippen molar-refractivity contribution in [2.24, 2.45) is 4.99 Å². The first-order valence-corrected chi connectivity index (χ1v) is 10.9. The zero-order chi connectivity index (χ0) is 17.1. The molecule has 0 fully saturated rings. The number of aromatic nitrogens is 2. The summed E-state index contributed by atoms with van der Waals surface area (Å²) >= 11 is 4.96. The highest BCUT2D eigenvalue weighted by Gasteiger charge is 2.12. The van der Waals surface area contributed by atoms with Crippen molar-refractivity contribution in [3.8, 4) is 22.0 Å².